The summed E-state index contributed by atoms with van der Waals surface area (Å²) in [5.74, 6) is -2.66. The Morgan fingerprint density at radius 1 is 1.18 bits per heavy atom. The maximum atomic E-state index is 10.9. The summed E-state index contributed by atoms with van der Waals surface area (Å²) in [7, 11) is 0. The second kappa shape index (κ2) is 5.30. The summed E-state index contributed by atoms with van der Waals surface area (Å²) in [6.07, 6.45) is 3.23. The van der Waals surface area contributed by atoms with Crippen LogP contribution in [0, 0.1) is 5.41 Å². The van der Waals surface area contributed by atoms with E-state index >= 15 is 0 Å². The molecule has 0 aliphatic rings. The lowest BCUT2D eigenvalue weighted by Crippen LogP contribution is -2.35. The van der Waals surface area contributed by atoms with Crippen LogP contribution in [0.1, 0.15) is 18.9 Å². The number of rotatable bonds is 5. The normalized spacial score (nSPS) is 11.6. The van der Waals surface area contributed by atoms with E-state index in [1.807, 2.05) is 30.3 Å². The molecular formula is C13H14O4. The standard InChI is InChI=1S/C13H14O4/c1-13(11(14)15,12(16)17)9-5-8-10-6-3-2-4-7-10/h2-8H,9H2,1H3,(H,14,15)(H,16,17). The van der Waals surface area contributed by atoms with Crippen molar-refractivity contribution in [2.75, 3.05) is 0 Å². The number of hydrogen-bond acceptors (Lipinski definition) is 2. The van der Waals surface area contributed by atoms with Crippen LogP contribution in [0.25, 0.3) is 6.08 Å². The lowest BCUT2D eigenvalue weighted by Gasteiger charge is -2.16. The number of hydrogen-bond donors (Lipinski definition) is 2. The smallest absolute Gasteiger partial charge is 0.321 e. The molecule has 2 N–H and O–H groups in total. The molecule has 1 aromatic carbocycles. The Morgan fingerprint density at radius 2 is 1.71 bits per heavy atom. The zero-order valence-corrected chi connectivity index (χ0v) is 9.46. The molecule has 0 heterocycles. The molecule has 1 rings (SSSR count). The lowest BCUT2D eigenvalue weighted by atomic mass is 9.87. The molecule has 0 fully saturated rings. The number of aliphatic carboxylic acids is 2. The van der Waals surface area contributed by atoms with Crippen LogP contribution in [0.4, 0.5) is 0 Å². The van der Waals surface area contributed by atoms with E-state index in [1.54, 1.807) is 12.2 Å². The van der Waals surface area contributed by atoms with Gasteiger partial charge >= 0.3 is 11.9 Å². The Hall–Kier alpha value is -2.10. The fourth-order valence-electron chi connectivity index (χ4n) is 1.26. The fourth-order valence-corrected chi connectivity index (χ4v) is 1.26. The summed E-state index contributed by atoms with van der Waals surface area (Å²) < 4.78 is 0. The van der Waals surface area contributed by atoms with Gasteiger partial charge in [-0.3, -0.25) is 9.59 Å². The minimum atomic E-state index is -1.77. The van der Waals surface area contributed by atoms with Crippen LogP contribution in [0.2, 0.25) is 0 Å². The third-order valence-electron chi connectivity index (χ3n) is 2.58. The van der Waals surface area contributed by atoms with Crippen LogP contribution >= 0.6 is 0 Å². The highest BCUT2D eigenvalue weighted by Crippen LogP contribution is 2.23. The molecule has 17 heavy (non-hydrogen) atoms. The van der Waals surface area contributed by atoms with Crippen molar-refractivity contribution in [2.24, 2.45) is 5.41 Å². The first kappa shape index (κ1) is 13.0. The molecule has 0 aliphatic carbocycles. The zero-order chi connectivity index (χ0) is 12.9. The second-order valence-electron chi connectivity index (χ2n) is 3.96. The van der Waals surface area contributed by atoms with Crippen molar-refractivity contribution in [3.8, 4) is 0 Å². The van der Waals surface area contributed by atoms with Crippen molar-refractivity contribution >= 4 is 18.0 Å². The first-order valence-corrected chi connectivity index (χ1v) is 5.15. The molecule has 4 heteroatoms. The van der Waals surface area contributed by atoms with E-state index in [9.17, 15) is 9.59 Å². The average molecular weight is 234 g/mol. The minimum Gasteiger partial charge on any atom is -0.480 e. The Morgan fingerprint density at radius 3 is 2.18 bits per heavy atom. The molecule has 0 bridgehead atoms. The van der Waals surface area contributed by atoms with Gasteiger partial charge in [0.2, 0.25) is 0 Å². The van der Waals surface area contributed by atoms with Crippen molar-refractivity contribution in [1.82, 2.24) is 0 Å². The maximum Gasteiger partial charge on any atom is 0.321 e. The topological polar surface area (TPSA) is 74.6 Å². The molecule has 0 unspecified atom stereocenters. The fraction of sp³-hybridized carbons (Fsp3) is 0.231. The van der Waals surface area contributed by atoms with Crippen LogP contribution in [-0.4, -0.2) is 22.2 Å². The minimum absolute atomic E-state index is 0.0490. The monoisotopic (exact) mass is 234 g/mol. The van der Waals surface area contributed by atoms with Crippen molar-refractivity contribution in [3.63, 3.8) is 0 Å². The Kier molecular flexibility index (Phi) is 4.04. The Balaban J connectivity index is 2.75. The van der Waals surface area contributed by atoms with Gasteiger partial charge in [0.25, 0.3) is 0 Å². The van der Waals surface area contributed by atoms with Gasteiger partial charge < -0.3 is 10.2 Å². The van der Waals surface area contributed by atoms with Gasteiger partial charge in [-0.1, -0.05) is 42.5 Å². The molecular weight excluding hydrogens is 220 g/mol. The van der Waals surface area contributed by atoms with Crippen molar-refractivity contribution < 1.29 is 19.8 Å². The summed E-state index contributed by atoms with van der Waals surface area (Å²) in [5, 5.41) is 17.8. The van der Waals surface area contributed by atoms with Crippen molar-refractivity contribution in [2.45, 2.75) is 13.3 Å². The largest absolute Gasteiger partial charge is 0.480 e. The van der Waals surface area contributed by atoms with Gasteiger partial charge in [-0.05, 0) is 18.9 Å². The number of allylic oxidation sites excluding steroid dienone is 1. The SMILES string of the molecule is CC(CC=Cc1ccccc1)(C(=O)O)C(=O)O. The summed E-state index contributed by atoms with van der Waals surface area (Å²) in [6.45, 7) is 1.20. The molecule has 0 aromatic heterocycles. The van der Waals surface area contributed by atoms with Crippen LogP contribution in [-0.2, 0) is 9.59 Å². The first-order valence-electron chi connectivity index (χ1n) is 5.15. The van der Waals surface area contributed by atoms with Crippen LogP contribution < -0.4 is 0 Å². The molecule has 1 aromatic rings. The highest BCUT2D eigenvalue weighted by atomic mass is 16.4. The first-order chi connectivity index (χ1) is 7.97. The summed E-state index contributed by atoms with van der Waals surface area (Å²) in [6, 6.07) is 9.29. The van der Waals surface area contributed by atoms with E-state index in [0.717, 1.165) is 5.56 Å². The van der Waals surface area contributed by atoms with Gasteiger partial charge in [0.1, 0.15) is 0 Å². The third-order valence-corrected chi connectivity index (χ3v) is 2.58. The molecule has 0 amide bonds. The van der Waals surface area contributed by atoms with E-state index < -0.39 is 17.4 Å². The van der Waals surface area contributed by atoms with Crippen molar-refractivity contribution in [3.05, 3.63) is 42.0 Å². The van der Waals surface area contributed by atoms with E-state index in [1.165, 1.54) is 6.92 Å². The summed E-state index contributed by atoms with van der Waals surface area (Å²) in [4.78, 5) is 21.8. The number of carbonyl (C=O) groups is 2. The number of carboxylic acids is 2. The van der Waals surface area contributed by atoms with Gasteiger partial charge in [0.05, 0.1) is 0 Å². The van der Waals surface area contributed by atoms with E-state index in [4.69, 9.17) is 10.2 Å². The van der Waals surface area contributed by atoms with Gasteiger partial charge in [-0.25, -0.2) is 0 Å². The Bertz CT molecular complexity index is 420. The zero-order valence-electron chi connectivity index (χ0n) is 9.46. The van der Waals surface area contributed by atoms with Gasteiger partial charge in [0.15, 0.2) is 5.41 Å². The van der Waals surface area contributed by atoms with Crippen LogP contribution in [0.3, 0.4) is 0 Å². The molecule has 4 nitrogen and oxygen atoms in total. The maximum absolute atomic E-state index is 10.9. The highest BCUT2D eigenvalue weighted by Gasteiger charge is 2.40. The van der Waals surface area contributed by atoms with E-state index in [0.29, 0.717) is 0 Å². The molecule has 0 atom stereocenters. The van der Waals surface area contributed by atoms with Gasteiger partial charge in [-0.2, -0.15) is 0 Å². The highest BCUT2D eigenvalue weighted by molar-refractivity contribution is 5.97. The lowest BCUT2D eigenvalue weighted by molar-refractivity contribution is -0.162. The second-order valence-corrected chi connectivity index (χ2v) is 3.96. The van der Waals surface area contributed by atoms with Gasteiger partial charge in [-0.15, -0.1) is 0 Å². The van der Waals surface area contributed by atoms with Crippen LogP contribution in [0.5, 0.6) is 0 Å². The molecule has 0 spiro atoms. The molecule has 0 radical (unpaired) electrons. The Labute approximate surface area is 99.2 Å². The van der Waals surface area contributed by atoms with E-state index in [2.05, 4.69) is 0 Å². The predicted octanol–water partition coefficient (Wildman–Crippen LogP) is 2.27. The summed E-state index contributed by atoms with van der Waals surface area (Å²) >= 11 is 0. The molecule has 0 aliphatic heterocycles. The average Bonchev–Trinajstić information content (AvgIpc) is 2.29. The molecule has 0 saturated heterocycles. The molecule has 90 valence electrons. The van der Waals surface area contributed by atoms with Crippen LogP contribution in [0.15, 0.2) is 36.4 Å². The number of carboxylic acid groups (broad SMARTS) is 2. The van der Waals surface area contributed by atoms with Gasteiger partial charge in [0, 0.05) is 0 Å². The van der Waals surface area contributed by atoms with Crippen molar-refractivity contribution in [1.29, 1.82) is 0 Å². The number of benzene rings is 1. The third kappa shape index (κ3) is 3.17. The quantitative estimate of drug-likeness (QED) is 0.766. The van der Waals surface area contributed by atoms with E-state index in [-0.39, 0.29) is 6.42 Å². The summed E-state index contributed by atoms with van der Waals surface area (Å²) in [5.41, 5.74) is -0.865. The molecule has 0 saturated carbocycles. The predicted molar refractivity (Wildman–Crippen MR) is 63.5 cm³/mol.